The fourth-order valence-corrected chi connectivity index (χ4v) is 7.76. The van der Waals surface area contributed by atoms with Gasteiger partial charge in [0, 0.05) is 51.1 Å². The molecule has 1 aliphatic heterocycles. The van der Waals surface area contributed by atoms with Crippen LogP contribution in [0.2, 0.25) is 0 Å². The van der Waals surface area contributed by atoms with Gasteiger partial charge in [-0.1, -0.05) is 72.8 Å². The van der Waals surface area contributed by atoms with E-state index in [1.54, 1.807) is 12.1 Å². The summed E-state index contributed by atoms with van der Waals surface area (Å²) in [5.41, 5.74) is 8.32. The molecule has 0 radical (unpaired) electrons. The molecule has 0 fully saturated rings. The minimum atomic E-state index is -0.813. The number of nitrogens with zero attached hydrogens (tertiary/aromatic N) is 2. The molecule has 0 spiro atoms. The number of hydrogen-bond donors (Lipinski definition) is 1. The van der Waals surface area contributed by atoms with Gasteiger partial charge in [0.05, 0.1) is 16.5 Å². The molecular weight excluding hydrogens is 498 g/mol. The molecular formula is C34H25N3O3. The molecule has 8 rings (SSSR count). The van der Waals surface area contributed by atoms with Crippen molar-refractivity contribution in [3.05, 3.63) is 146 Å². The summed E-state index contributed by atoms with van der Waals surface area (Å²) in [6.45, 7) is 4.28. The molecule has 0 amide bonds. The van der Waals surface area contributed by atoms with Crippen molar-refractivity contribution in [2.75, 3.05) is 0 Å². The number of para-hydroxylation sites is 2. The van der Waals surface area contributed by atoms with Gasteiger partial charge < -0.3 is 9.55 Å². The van der Waals surface area contributed by atoms with Gasteiger partial charge in [0.2, 0.25) is 0 Å². The van der Waals surface area contributed by atoms with Crippen molar-refractivity contribution in [1.82, 2.24) is 9.55 Å². The van der Waals surface area contributed by atoms with Crippen molar-refractivity contribution in [3.63, 3.8) is 0 Å². The number of carbonyl (C=O) groups is 1. The Morgan fingerprint density at radius 1 is 0.825 bits per heavy atom. The van der Waals surface area contributed by atoms with Crippen LogP contribution in [-0.4, -0.2) is 20.3 Å². The first-order chi connectivity index (χ1) is 19.4. The Kier molecular flexibility index (Phi) is 4.47. The van der Waals surface area contributed by atoms with E-state index in [2.05, 4.69) is 65.9 Å². The van der Waals surface area contributed by atoms with Gasteiger partial charge in [-0.15, -0.1) is 0 Å². The molecule has 2 aliphatic rings. The lowest BCUT2D eigenvalue weighted by molar-refractivity contribution is -0.384. The average molecular weight is 524 g/mol. The van der Waals surface area contributed by atoms with Crippen molar-refractivity contribution < 1.29 is 9.72 Å². The molecule has 0 bridgehead atoms. The fourth-order valence-electron chi connectivity index (χ4n) is 7.76. The average Bonchev–Trinajstić information content (AvgIpc) is 3.66. The van der Waals surface area contributed by atoms with Crippen LogP contribution in [0.4, 0.5) is 5.69 Å². The minimum absolute atomic E-state index is 0.0396. The number of benzene rings is 4. The molecule has 0 saturated carbocycles. The molecule has 3 atom stereocenters. The molecule has 1 aliphatic carbocycles. The number of aryl methyl sites for hydroxylation is 2. The summed E-state index contributed by atoms with van der Waals surface area (Å²) >= 11 is 0. The Morgan fingerprint density at radius 3 is 2.25 bits per heavy atom. The second-order valence-electron chi connectivity index (χ2n) is 11.0. The number of aromatic amines is 1. The van der Waals surface area contributed by atoms with E-state index < -0.39 is 11.5 Å². The quantitative estimate of drug-likeness (QED) is 0.194. The maximum atomic E-state index is 14.6. The smallest absolute Gasteiger partial charge is 0.269 e. The van der Waals surface area contributed by atoms with Crippen LogP contribution in [0, 0.1) is 29.9 Å². The van der Waals surface area contributed by atoms with E-state index in [9.17, 15) is 14.9 Å². The van der Waals surface area contributed by atoms with Crippen LogP contribution in [0.3, 0.4) is 0 Å². The van der Waals surface area contributed by atoms with E-state index in [4.69, 9.17) is 0 Å². The Morgan fingerprint density at radius 2 is 1.50 bits per heavy atom. The Labute approximate surface area is 230 Å². The number of fused-ring (bicyclic) bond motifs is 8. The van der Waals surface area contributed by atoms with E-state index in [1.807, 2.05) is 42.5 Å². The molecule has 6 aromatic rings. The third-order valence-corrected chi connectivity index (χ3v) is 9.30. The van der Waals surface area contributed by atoms with E-state index in [-0.39, 0.29) is 22.3 Å². The van der Waals surface area contributed by atoms with Crippen LogP contribution in [0.15, 0.2) is 97.1 Å². The van der Waals surface area contributed by atoms with Crippen LogP contribution in [0.5, 0.6) is 0 Å². The summed E-state index contributed by atoms with van der Waals surface area (Å²) < 4.78 is 2.41. The lowest BCUT2D eigenvalue weighted by Gasteiger charge is -2.34. The number of non-ortho nitro benzene ring substituents is 1. The van der Waals surface area contributed by atoms with E-state index in [0.29, 0.717) is 0 Å². The molecule has 194 valence electrons. The van der Waals surface area contributed by atoms with Gasteiger partial charge in [0.25, 0.3) is 5.69 Å². The SMILES string of the molecule is Cc1c(C23c4ccccc4C(=O)C2C(c2ccc([N+](=O)[O-])cc2)c2c(C)c4ccccc4n23)[nH]c2ccccc12. The van der Waals surface area contributed by atoms with E-state index in [0.717, 1.165) is 61.0 Å². The molecule has 0 saturated heterocycles. The molecule has 40 heavy (non-hydrogen) atoms. The highest BCUT2D eigenvalue weighted by atomic mass is 16.6. The number of H-pyrrole nitrogens is 1. The van der Waals surface area contributed by atoms with Gasteiger partial charge in [-0.25, -0.2) is 0 Å². The van der Waals surface area contributed by atoms with E-state index >= 15 is 0 Å². The van der Waals surface area contributed by atoms with Gasteiger partial charge >= 0.3 is 0 Å². The molecule has 1 N–H and O–H groups in total. The molecule has 3 unspecified atom stereocenters. The normalized spacial score (nSPS) is 21.1. The highest BCUT2D eigenvalue weighted by molar-refractivity contribution is 6.08. The lowest BCUT2D eigenvalue weighted by atomic mass is 9.72. The number of nitro groups is 1. The zero-order chi connectivity index (χ0) is 27.3. The largest absolute Gasteiger partial charge is 0.356 e. The first-order valence-electron chi connectivity index (χ1n) is 13.5. The second-order valence-corrected chi connectivity index (χ2v) is 11.0. The highest BCUT2D eigenvalue weighted by Gasteiger charge is 2.64. The van der Waals surface area contributed by atoms with Crippen LogP contribution in [0.1, 0.15) is 49.9 Å². The molecule has 6 nitrogen and oxygen atoms in total. The van der Waals surface area contributed by atoms with Crippen molar-refractivity contribution in [2.24, 2.45) is 5.92 Å². The first kappa shape index (κ1) is 23.0. The maximum absolute atomic E-state index is 14.6. The topological polar surface area (TPSA) is 80.9 Å². The summed E-state index contributed by atoms with van der Waals surface area (Å²) in [6.07, 6.45) is 0. The summed E-state index contributed by atoms with van der Waals surface area (Å²) in [6, 6.07) is 31.4. The van der Waals surface area contributed by atoms with Crippen molar-refractivity contribution in [3.8, 4) is 0 Å². The maximum Gasteiger partial charge on any atom is 0.269 e. The number of nitrogens with one attached hydrogen (secondary N) is 1. The lowest BCUT2D eigenvalue weighted by Crippen LogP contribution is -2.39. The number of ketones is 1. The van der Waals surface area contributed by atoms with Gasteiger partial charge in [0.1, 0.15) is 5.54 Å². The third kappa shape index (κ3) is 2.61. The monoisotopic (exact) mass is 523 g/mol. The van der Waals surface area contributed by atoms with Crippen LogP contribution in [-0.2, 0) is 5.54 Å². The highest BCUT2D eigenvalue weighted by Crippen LogP contribution is 2.63. The molecule has 6 heteroatoms. The number of carbonyl (C=O) groups excluding carboxylic acids is 1. The fraction of sp³-hybridized carbons (Fsp3) is 0.147. The number of hydrogen-bond acceptors (Lipinski definition) is 3. The zero-order valence-electron chi connectivity index (χ0n) is 22.0. The predicted molar refractivity (Wildman–Crippen MR) is 155 cm³/mol. The molecule has 2 aromatic heterocycles. The zero-order valence-corrected chi connectivity index (χ0v) is 22.0. The Balaban J connectivity index is 1.56. The summed E-state index contributed by atoms with van der Waals surface area (Å²) in [7, 11) is 0. The number of aromatic nitrogens is 2. The number of rotatable bonds is 3. The Hall–Kier alpha value is -4.97. The molecule has 4 aromatic carbocycles. The Bertz CT molecular complexity index is 2050. The van der Waals surface area contributed by atoms with Crippen LogP contribution >= 0.6 is 0 Å². The predicted octanol–water partition coefficient (Wildman–Crippen LogP) is 7.40. The van der Waals surface area contributed by atoms with Crippen LogP contribution in [0.25, 0.3) is 21.8 Å². The summed E-state index contributed by atoms with van der Waals surface area (Å²) in [5.74, 6) is -0.653. The molecule has 3 heterocycles. The van der Waals surface area contributed by atoms with Crippen molar-refractivity contribution in [1.29, 1.82) is 0 Å². The van der Waals surface area contributed by atoms with Crippen molar-refractivity contribution >= 4 is 33.3 Å². The first-order valence-corrected chi connectivity index (χ1v) is 13.5. The van der Waals surface area contributed by atoms with Gasteiger partial charge in [-0.3, -0.25) is 14.9 Å². The minimum Gasteiger partial charge on any atom is -0.356 e. The summed E-state index contributed by atoms with van der Waals surface area (Å²) in [5, 5.41) is 13.8. The standard InChI is InChI=1S/C34H25N3O3/c1-19-24-10-5-8-14-28(24)36-31(19)29(21-15-17-22(18-16-21)37(39)40)30-32(38)25-11-3-6-12-26(25)34(30,36)33-20(2)23-9-4-7-13-27(23)35-33/h3-18,29-30,35H,1-2H3. The number of nitro benzene ring substituents is 1. The van der Waals surface area contributed by atoms with Crippen molar-refractivity contribution in [2.45, 2.75) is 25.3 Å². The number of Topliss-reactive ketones (excluding diaryl/α,β-unsaturated/α-hetero) is 1. The second kappa shape index (κ2) is 7.79. The van der Waals surface area contributed by atoms with Gasteiger partial charge in [-0.05, 0) is 48.2 Å². The van der Waals surface area contributed by atoms with Gasteiger partial charge in [-0.2, -0.15) is 0 Å². The van der Waals surface area contributed by atoms with E-state index in [1.165, 1.54) is 0 Å². The van der Waals surface area contributed by atoms with Crippen LogP contribution < -0.4 is 0 Å². The van der Waals surface area contributed by atoms with Gasteiger partial charge in [0.15, 0.2) is 5.78 Å². The third-order valence-electron chi connectivity index (χ3n) is 9.30. The summed E-state index contributed by atoms with van der Waals surface area (Å²) in [4.78, 5) is 29.5.